The summed E-state index contributed by atoms with van der Waals surface area (Å²) in [7, 11) is 1.59. The van der Waals surface area contributed by atoms with Gasteiger partial charge in [-0.3, -0.25) is 4.79 Å². The SMILES string of the molecule is CNC(=O)CNc1ccc(N)nc1. The van der Waals surface area contributed by atoms with Crippen LogP contribution in [0.3, 0.4) is 0 Å². The van der Waals surface area contributed by atoms with Crippen LogP contribution in [0.15, 0.2) is 18.3 Å². The molecule has 0 spiro atoms. The van der Waals surface area contributed by atoms with Gasteiger partial charge >= 0.3 is 0 Å². The molecule has 1 amide bonds. The lowest BCUT2D eigenvalue weighted by molar-refractivity contribution is -0.118. The molecule has 1 rings (SSSR count). The molecule has 0 saturated carbocycles. The summed E-state index contributed by atoms with van der Waals surface area (Å²) in [6, 6.07) is 3.44. The standard InChI is InChI=1S/C8H12N4O/c1-10-8(13)5-11-6-2-3-7(9)12-4-6/h2-4,11H,5H2,1H3,(H2,9,12)(H,10,13). The van der Waals surface area contributed by atoms with E-state index in [0.717, 1.165) is 5.69 Å². The average molecular weight is 180 g/mol. The summed E-state index contributed by atoms with van der Waals surface area (Å²) >= 11 is 0. The molecule has 0 fully saturated rings. The number of aromatic nitrogens is 1. The normalized spacial score (nSPS) is 9.31. The number of hydrogen-bond acceptors (Lipinski definition) is 4. The summed E-state index contributed by atoms with van der Waals surface area (Å²) < 4.78 is 0. The van der Waals surface area contributed by atoms with E-state index in [9.17, 15) is 4.79 Å². The van der Waals surface area contributed by atoms with E-state index < -0.39 is 0 Å². The summed E-state index contributed by atoms with van der Waals surface area (Å²) in [4.78, 5) is 14.7. The third-order valence-electron chi connectivity index (χ3n) is 1.52. The highest BCUT2D eigenvalue weighted by atomic mass is 16.1. The molecule has 5 nitrogen and oxygen atoms in total. The molecule has 4 N–H and O–H groups in total. The third kappa shape index (κ3) is 2.98. The van der Waals surface area contributed by atoms with Gasteiger partial charge < -0.3 is 16.4 Å². The summed E-state index contributed by atoms with van der Waals surface area (Å²) in [6.45, 7) is 0.238. The molecular formula is C8H12N4O. The van der Waals surface area contributed by atoms with E-state index in [-0.39, 0.29) is 12.5 Å². The molecule has 70 valence electrons. The Morgan fingerprint density at radius 1 is 1.62 bits per heavy atom. The Labute approximate surface area is 76.3 Å². The van der Waals surface area contributed by atoms with Gasteiger partial charge in [-0.1, -0.05) is 0 Å². The van der Waals surface area contributed by atoms with Crippen molar-refractivity contribution in [1.29, 1.82) is 0 Å². The highest BCUT2D eigenvalue weighted by Gasteiger charge is 1.97. The van der Waals surface area contributed by atoms with Crippen LogP contribution in [0.1, 0.15) is 0 Å². The van der Waals surface area contributed by atoms with Crippen LogP contribution in [0.25, 0.3) is 0 Å². The Morgan fingerprint density at radius 3 is 2.92 bits per heavy atom. The van der Waals surface area contributed by atoms with Gasteiger partial charge in [0.2, 0.25) is 5.91 Å². The smallest absolute Gasteiger partial charge is 0.239 e. The molecule has 1 heterocycles. The summed E-state index contributed by atoms with van der Waals surface area (Å²) in [5, 5.41) is 5.39. The molecule has 0 bridgehead atoms. The van der Waals surface area contributed by atoms with E-state index in [0.29, 0.717) is 5.82 Å². The van der Waals surface area contributed by atoms with E-state index in [1.54, 1.807) is 25.4 Å². The van der Waals surface area contributed by atoms with Crippen molar-refractivity contribution in [2.45, 2.75) is 0 Å². The molecule has 0 aliphatic carbocycles. The van der Waals surface area contributed by atoms with Crippen LogP contribution in [0.5, 0.6) is 0 Å². The lowest BCUT2D eigenvalue weighted by Gasteiger charge is -2.04. The predicted octanol–water partition coefficient (Wildman–Crippen LogP) is -0.178. The first-order valence-corrected chi connectivity index (χ1v) is 3.88. The van der Waals surface area contributed by atoms with Crippen molar-refractivity contribution in [3.63, 3.8) is 0 Å². The number of nitrogens with two attached hydrogens (primary N) is 1. The molecule has 0 aromatic carbocycles. The predicted molar refractivity (Wildman–Crippen MR) is 51.2 cm³/mol. The molecule has 0 aliphatic heterocycles. The Balaban J connectivity index is 2.46. The molecule has 0 saturated heterocycles. The maximum Gasteiger partial charge on any atom is 0.239 e. The maximum atomic E-state index is 10.8. The first kappa shape index (κ1) is 9.31. The number of nitrogen functional groups attached to an aromatic ring is 1. The van der Waals surface area contributed by atoms with E-state index in [1.165, 1.54) is 0 Å². The number of anilines is 2. The van der Waals surface area contributed by atoms with Crippen LogP contribution in [0, 0.1) is 0 Å². The average Bonchev–Trinajstić information content (AvgIpc) is 2.16. The van der Waals surface area contributed by atoms with Gasteiger partial charge in [0.05, 0.1) is 18.4 Å². The number of hydrogen-bond donors (Lipinski definition) is 3. The van der Waals surface area contributed by atoms with Gasteiger partial charge in [0.15, 0.2) is 0 Å². The minimum Gasteiger partial charge on any atom is -0.384 e. The molecule has 0 aliphatic rings. The molecule has 0 unspecified atom stereocenters. The van der Waals surface area contributed by atoms with Crippen LogP contribution in [-0.4, -0.2) is 24.5 Å². The Morgan fingerprint density at radius 2 is 2.38 bits per heavy atom. The molecule has 0 radical (unpaired) electrons. The number of carbonyl (C=O) groups excluding carboxylic acids is 1. The monoisotopic (exact) mass is 180 g/mol. The Kier molecular flexibility index (Phi) is 3.08. The third-order valence-corrected chi connectivity index (χ3v) is 1.52. The number of pyridine rings is 1. The molecule has 0 atom stereocenters. The zero-order valence-corrected chi connectivity index (χ0v) is 7.37. The van der Waals surface area contributed by atoms with Crippen LogP contribution in [0.4, 0.5) is 11.5 Å². The molecule has 1 aromatic rings. The van der Waals surface area contributed by atoms with Gasteiger partial charge in [-0.25, -0.2) is 4.98 Å². The second-order valence-corrected chi connectivity index (χ2v) is 2.50. The number of nitrogens with one attached hydrogen (secondary N) is 2. The van der Waals surface area contributed by atoms with Crippen molar-refractivity contribution in [3.8, 4) is 0 Å². The van der Waals surface area contributed by atoms with Gasteiger partial charge in [-0.15, -0.1) is 0 Å². The molecule has 13 heavy (non-hydrogen) atoms. The number of carbonyl (C=O) groups is 1. The van der Waals surface area contributed by atoms with Gasteiger partial charge in [0.1, 0.15) is 5.82 Å². The van der Waals surface area contributed by atoms with Crippen LogP contribution in [-0.2, 0) is 4.79 Å². The first-order chi connectivity index (χ1) is 6.22. The molecular weight excluding hydrogens is 168 g/mol. The van der Waals surface area contributed by atoms with Crippen molar-refractivity contribution in [1.82, 2.24) is 10.3 Å². The fourth-order valence-corrected chi connectivity index (χ4v) is 0.781. The number of amides is 1. The van der Waals surface area contributed by atoms with E-state index >= 15 is 0 Å². The quantitative estimate of drug-likeness (QED) is 0.603. The Bertz CT molecular complexity index is 283. The van der Waals surface area contributed by atoms with Gasteiger partial charge in [-0.05, 0) is 12.1 Å². The zero-order chi connectivity index (χ0) is 9.68. The summed E-state index contributed by atoms with van der Waals surface area (Å²) in [6.07, 6.45) is 1.58. The number of nitrogens with zero attached hydrogens (tertiary/aromatic N) is 1. The largest absolute Gasteiger partial charge is 0.384 e. The van der Waals surface area contributed by atoms with Crippen molar-refractivity contribution >= 4 is 17.4 Å². The summed E-state index contributed by atoms with van der Waals surface area (Å²) in [5.41, 5.74) is 6.17. The lowest BCUT2D eigenvalue weighted by atomic mass is 10.4. The lowest BCUT2D eigenvalue weighted by Crippen LogP contribution is -2.26. The molecule has 5 heteroatoms. The zero-order valence-electron chi connectivity index (χ0n) is 7.37. The van der Waals surface area contributed by atoms with Gasteiger partial charge in [0, 0.05) is 7.05 Å². The van der Waals surface area contributed by atoms with Crippen LogP contribution >= 0.6 is 0 Å². The van der Waals surface area contributed by atoms with Crippen LogP contribution < -0.4 is 16.4 Å². The first-order valence-electron chi connectivity index (χ1n) is 3.88. The Hall–Kier alpha value is -1.78. The minimum atomic E-state index is -0.0724. The topological polar surface area (TPSA) is 80.0 Å². The second kappa shape index (κ2) is 4.30. The maximum absolute atomic E-state index is 10.8. The van der Waals surface area contributed by atoms with Crippen molar-refractivity contribution in [3.05, 3.63) is 18.3 Å². The number of likely N-dealkylation sites (N-methyl/N-ethyl adjacent to an activating group) is 1. The fourth-order valence-electron chi connectivity index (χ4n) is 0.781. The second-order valence-electron chi connectivity index (χ2n) is 2.50. The van der Waals surface area contributed by atoms with Gasteiger partial charge in [0.25, 0.3) is 0 Å². The van der Waals surface area contributed by atoms with Gasteiger partial charge in [-0.2, -0.15) is 0 Å². The minimum absolute atomic E-state index is 0.0724. The van der Waals surface area contributed by atoms with Crippen molar-refractivity contribution in [2.75, 3.05) is 24.6 Å². The van der Waals surface area contributed by atoms with E-state index in [2.05, 4.69) is 15.6 Å². The van der Waals surface area contributed by atoms with Crippen molar-refractivity contribution in [2.24, 2.45) is 0 Å². The molecule has 1 aromatic heterocycles. The highest BCUT2D eigenvalue weighted by Crippen LogP contribution is 2.05. The van der Waals surface area contributed by atoms with Crippen molar-refractivity contribution < 1.29 is 4.79 Å². The van der Waals surface area contributed by atoms with Crippen LogP contribution in [0.2, 0.25) is 0 Å². The van der Waals surface area contributed by atoms with E-state index in [4.69, 9.17) is 5.73 Å². The van der Waals surface area contributed by atoms with E-state index in [1.807, 2.05) is 0 Å². The fraction of sp³-hybridized carbons (Fsp3) is 0.250. The highest BCUT2D eigenvalue weighted by molar-refractivity contribution is 5.80. The number of rotatable bonds is 3. The summed E-state index contributed by atoms with van der Waals surface area (Å²) in [5.74, 6) is 0.391.